The van der Waals surface area contributed by atoms with Crippen molar-refractivity contribution >= 4 is 15.9 Å². The topological polar surface area (TPSA) is 9.23 Å². The Bertz CT molecular complexity index is 426. The van der Waals surface area contributed by atoms with Crippen LogP contribution in [-0.4, -0.2) is 7.11 Å². The van der Waals surface area contributed by atoms with Crippen molar-refractivity contribution in [1.29, 1.82) is 0 Å². The quantitative estimate of drug-likeness (QED) is 0.745. The summed E-state index contributed by atoms with van der Waals surface area (Å²) in [7, 11) is 1.69. The molecule has 2 heteroatoms. The van der Waals surface area contributed by atoms with Crippen molar-refractivity contribution in [3.8, 4) is 5.75 Å². The standard InChI is InChI=1S/C16H17BrO/c1-18-16-10-8-14(9-11-16)3-2-13-4-6-15(12-17)7-5-13/h4-11H,2-3,12H2,1H3. The third-order valence-electron chi connectivity index (χ3n) is 3.04. The number of benzene rings is 2. The summed E-state index contributed by atoms with van der Waals surface area (Å²) in [4.78, 5) is 0. The number of ether oxygens (including phenoxy) is 1. The molecule has 0 aliphatic carbocycles. The molecular weight excluding hydrogens is 288 g/mol. The highest BCUT2D eigenvalue weighted by molar-refractivity contribution is 9.08. The monoisotopic (exact) mass is 304 g/mol. The summed E-state index contributed by atoms with van der Waals surface area (Å²) in [5, 5.41) is 0.922. The van der Waals surface area contributed by atoms with Gasteiger partial charge in [0.05, 0.1) is 7.11 Å². The van der Waals surface area contributed by atoms with Gasteiger partial charge >= 0.3 is 0 Å². The maximum absolute atomic E-state index is 5.15. The van der Waals surface area contributed by atoms with Crippen LogP contribution in [0.1, 0.15) is 16.7 Å². The molecule has 0 N–H and O–H groups in total. The van der Waals surface area contributed by atoms with Crippen molar-refractivity contribution in [2.75, 3.05) is 7.11 Å². The van der Waals surface area contributed by atoms with Gasteiger partial charge in [-0.15, -0.1) is 0 Å². The van der Waals surface area contributed by atoms with E-state index in [0.717, 1.165) is 23.9 Å². The SMILES string of the molecule is COc1ccc(CCc2ccc(CBr)cc2)cc1. The average Bonchev–Trinajstić information content (AvgIpc) is 2.46. The second kappa shape index (κ2) is 6.60. The summed E-state index contributed by atoms with van der Waals surface area (Å²) in [5.74, 6) is 0.917. The Labute approximate surface area is 117 Å². The highest BCUT2D eigenvalue weighted by Gasteiger charge is 1.97. The lowest BCUT2D eigenvalue weighted by Gasteiger charge is -2.04. The van der Waals surface area contributed by atoms with E-state index >= 15 is 0 Å². The van der Waals surface area contributed by atoms with Gasteiger partial charge in [0.1, 0.15) is 5.75 Å². The lowest BCUT2D eigenvalue weighted by atomic mass is 10.0. The van der Waals surface area contributed by atoms with Crippen LogP contribution in [-0.2, 0) is 18.2 Å². The molecule has 0 saturated heterocycles. The third-order valence-corrected chi connectivity index (χ3v) is 3.69. The van der Waals surface area contributed by atoms with Gasteiger partial charge in [0.15, 0.2) is 0 Å². The van der Waals surface area contributed by atoms with Crippen LogP contribution in [0.15, 0.2) is 48.5 Å². The van der Waals surface area contributed by atoms with Crippen molar-refractivity contribution in [3.63, 3.8) is 0 Å². The van der Waals surface area contributed by atoms with Crippen molar-refractivity contribution in [2.45, 2.75) is 18.2 Å². The number of rotatable bonds is 5. The lowest BCUT2D eigenvalue weighted by molar-refractivity contribution is 0.414. The molecule has 0 aliphatic rings. The van der Waals surface area contributed by atoms with Crippen molar-refractivity contribution < 1.29 is 4.74 Å². The van der Waals surface area contributed by atoms with Crippen LogP contribution in [0.2, 0.25) is 0 Å². The molecule has 1 nitrogen and oxygen atoms in total. The fraction of sp³-hybridized carbons (Fsp3) is 0.250. The Balaban J connectivity index is 1.93. The van der Waals surface area contributed by atoms with E-state index in [4.69, 9.17) is 4.74 Å². The average molecular weight is 305 g/mol. The van der Waals surface area contributed by atoms with Gasteiger partial charge < -0.3 is 4.74 Å². The fourth-order valence-electron chi connectivity index (χ4n) is 1.88. The number of aryl methyl sites for hydroxylation is 2. The van der Waals surface area contributed by atoms with Gasteiger partial charge in [-0.1, -0.05) is 52.3 Å². The fourth-order valence-corrected chi connectivity index (χ4v) is 2.25. The Morgan fingerprint density at radius 3 is 1.67 bits per heavy atom. The Morgan fingerprint density at radius 1 is 0.778 bits per heavy atom. The van der Waals surface area contributed by atoms with E-state index in [2.05, 4.69) is 52.3 Å². The van der Waals surface area contributed by atoms with Crippen LogP contribution in [0.25, 0.3) is 0 Å². The van der Waals surface area contributed by atoms with Crippen LogP contribution in [0.3, 0.4) is 0 Å². The van der Waals surface area contributed by atoms with E-state index in [0.29, 0.717) is 0 Å². The summed E-state index contributed by atoms with van der Waals surface area (Å²) in [6.07, 6.45) is 2.15. The molecule has 2 aromatic carbocycles. The molecule has 18 heavy (non-hydrogen) atoms. The van der Waals surface area contributed by atoms with Crippen LogP contribution < -0.4 is 4.74 Å². The number of hydrogen-bond donors (Lipinski definition) is 0. The Kier molecular flexibility index (Phi) is 4.82. The molecule has 0 saturated carbocycles. The molecule has 0 amide bonds. The molecule has 0 atom stereocenters. The maximum atomic E-state index is 5.15. The van der Waals surface area contributed by atoms with E-state index in [1.165, 1.54) is 16.7 Å². The van der Waals surface area contributed by atoms with Crippen LogP contribution >= 0.6 is 15.9 Å². The molecule has 0 aliphatic heterocycles. The predicted octanol–water partition coefficient (Wildman–Crippen LogP) is 4.38. The van der Waals surface area contributed by atoms with E-state index in [9.17, 15) is 0 Å². The first-order valence-electron chi connectivity index (χ1n) is 6.08. The minimum Gasteiger partial charge on any atom is -0.497 e. The molecule has 0 radical (unpaired) electrons. The first kappa shape index (κ1) is 13.2. The first-order chi connectivity index (χ1) is 8.81. The first-order valence-corrected chi connectivity index (χ1v) is 7.20. The van der Waals surface area contributed by atoms with E-state index in [1.54, 1.807) is 7.11 Å². The van der Waals surface area contributed by atoms with Gasteiger partial charge in [-0.25, -0.2) is 0 Å². The highest BCUT2D eigenvalue weighted by atomic mass is 79.9. The van der Waals surface area contributed by atoms with Crippen LogP contribution in [0.4, 0.5) is 0 Å². The van der Waals surface area contributed by atoms with Gasteiger partial charge in [0, 0.05) is 5.33 Å². The predicted molar refractivity (Wildman–Crippen MR) is 79.5 cm³/mol. The zero-order chi connectivity index (χ0) is 12.8. The summed E-state index contributed by atoms with van der Waals surface area (Å²) in [6, 6.07) is 17.1. The van der Waals surface area contributed by atoms with Gasteiger partial charge in [0.25, 0.3) is 0 Å². The van der Waals surface area contributed by atoms with Crippen molar-refractivity contribution in [1.82, 2.24) is 0 Å². The smallest absolute Gasteiger partial charge is 0.118 e. The Hall–Kier alpha value is -1.28. The second-order valence-electron chi connectivity index (χ2n) is 4.30. The molecule has 0 unspecified atom stereocenters. The summed E-state index contributed by atoms with van der Waals surface area (Å²) in [6.45, 7) is 0. The number of halogens is 1. The van der Waals surface area contributed by atoms with Crippen molar-refractivity contribution in [2.24, 2.45) is 0 Å². The molecule has 0 fully saturated rings. The van der Waals surface area contributed by atoms with Gasteiger partial charge in [-0.2, -0.15) is 0 Å². The van der Waals surface area contributed by atoms with E-state index in [-0.39, 0.29) is 0 Å². The maximum Gasteiger partial charge on any atom is 0.118 e. The lowest BCUT2D eigenvalue weighted by Crippen LogP contribution is -1.92. The molecule has 0 heterocycles. The number of hydrogen-bond acceptors (Lipinski definition) is 1. The summed E-state index contributed by atoms with van der Waals surface area (Å²) in [5.41, 5.74) is 4.05. The minimum absolute atomic E-state index is 0.917. The number of methoxy groups -OCH3 is 1. The summed E-state index contributed by atoms with van der Waals surface area (Å²) >= 11 is 3.46. The Morgan fingerprint density at radius 2 is 1.22 bits per heavy atom. The molecule has 2 aromatic rings. The minimum atomic E-state index is 0.917. The second-order valence-corrected chi connectivity index (χ2v) is 4.86. The van der Waals surface area contributed by atoms with Crippen molar-refractivity contribution in [3.05, 3.63) is 65.2 Å². The van der Waals surface area contributed by atoms with Crippen LogP contribution in [0.5, 0.6) is 5.75 Å². The largest absolute Gasteiger partial charge is 0.497 e. The molecule has 94 valence electrons. The zero-order valence-corrected chi connectivity index (χ0v) is 12.1. The highest BCUT2D eigenvalue weighted by Crippen LogP contribution is 2.14. The number of alkyl halides is 1. The van der Waals surface area contributed by atoms with Gasteiger partial charge in [-0.05, 0) is 41.7 Å². The molecule has 2 rings (SSSR count). The molecule has 0 bridgehead atoms. The van der Waals surface area contributed by atoms with E-state index < -0.39 is 0 Å². The molecule has 0 spiro atoms. The summed E-state index contributed by atoms with van der Waals surface area (Å²) < 4.78 is 5.15. The zero-order valence-electron chi connectivity index (χ0n) is 10.5. The normalized spacial score (nSPS) is 10.3. The van der Waals surface area contributed by atoms with Gasteiger partial charge in [0.2, 0.25) is 0 Å². The van der Waals surface area contributed by atoms with E-state index in [1.807, 2.05) is 12.1 Å². The third kappa shape index (κ3) is 3.61. The van der Waals surface area contributed by atoms with Gasteiger partial charge in [-0.3, -0.25) is 0 Å². The molecular formula is C16H17BrO. The van der Waals surface area contributed by atoms with Crippen LogP contribution in [0, 0.1) is 0 Å². The molecule has 0 aromatic heterocycles.